The van der Waals surface area contributed by atoms with Crippen molar-refractivity contribution in [1.29, 1.82) is 0 Å². The molecule has 0 saturated carbocycles. The van der Waals surface area contributed by atoms with E-state index < -0.39 is 11.7 Å². The fourth-order valence-corrected chi connectivity index (χ4v) is 4.63. The Morgan fingerprint density at radius 1 is 1.09 bits per heavy atom. The van der Waals surface area contributed by atoms with Crippen molar-refractivity contribution in [2.24, 2.45) is 0 Å². The summed E-state index contributed by atoms with van der Waals surface area (Å²) in [6.07, 6.45) is 1.46. The zero-order chi connectivity index (χ0) is 24.7. The second kappa shape index (κ2) is 11.8. The van der Waals surface area contributed by atoms with Gasteiger partial charge in [-0.3, -0.25) is 4.79 Å². The maximum absolute atomic E-state index is 11.6. The van der Waals surface area contributed by atoms with Crippen LogP contribution in [0.1, 0.15) is 36.5 Å². The molecule has 0 radical (unpaired) electrons. The van der Waals surface area contributed by atoms with Crippen molar-refractivity contribution < 1.29 is 20.1 Å². The van der Waals surface area contributed by atoms with Crippen LogP contribution in [0.5, 0.6) is 5.75 Å². The summed E-state index contributed by atoms with van der Waals surface area (Å²) >= 11 is 0. The zero-order valence-corrected chi connectivity index (χ0v) is 19.9. The van der Waals surface area contributed by atoms with Crippen LogP contribution in [0.15, 0.2) is 59.4 Å². The molecular formula is C27H35N3O5. The number of aromatic nitrogens is 1. The summed E-state index contributed by atoms with van der Waals surface area (Å²) in [5.41, 5.74) is 0.985. The van der Waals surface area contributed by atoms with Gasteiger partial charge in [0.1, 0.15) is 5.75 Å². The topological polar surface area (TPSA) is 118 Å². The minimum absolute atomic E-state index is 0.0366. The smallest absolute Gasteiger partial charge is 0.248 e. The third-order valence-electron chi connectivity index (χ3n) is 6.72. The molecule has 4 rings (SSSR count). The third-order valence-corrected chi connectivity index (χ3v) is 6.72. The van der Waals surface area contributed by atoms with E-state index in [4.69, 9.17) is 4.74 Å². The van der Waals surface area contributed by atoms with Crippen molar-refractivity contribution in [1.82, 2.24) is 15.2 Å². The third kappa shape index (κ3) is 6.90. The van der Waals surface area contributed by atoms with Gasteiger partial charge in [0.25, 0.3) is 0 Å². The molecule has 0 aliphatic carbocycles. The molecule has 2 aromatic carbocycles. The fraction of sp³-hybridized carbons (Fsp3) is 0.444. The number of likely N-dealkylation sites (tertiary alicyclic amines) is 1. The van der Waals surface area contributed by atoms with Gasteiger partial charge in [-0.05, 0) is 42.5 Å². The number of aromatic amines is 1. The molecule has 8 nitrogen and oxygen atoms in total. The van der Waals surface area contributed by atoms with Gasteiger partial charge in [-0.1, -0.05) is 36.4 Å². The molecule has 0 spiro atoms. The number of aromatic hydroxyl groups is 1. The first-order valence-electron chi connectivity index (χ1n) is 12.2. The standard InChI is InChI=1S/C27H35N3O5/c31-23-9-7-21(22-8-10-25(33)29-26(22)23)24(32)17-28-19-27(34)11-14-30(15-12-27)13-4-16-35-18-20-5-2-1-3-6-20/h1-3,5-10,24,28,31-32,34H,4,11-19H2,(H,29,33). The molecule has 1 fully saturated rings. The SMILES string of the molecule is O=c1ccc2c(C(O)CNCC3(O)CCN(CCCOCc4ccccc4)CC3)ccc(O)c2[nH]1. The van der Waals surface area contributed by atoms with Crippen LogP contribution in [0.4, 0.5) is 0 Å². The Hall–Kier alpha value is -2.75. The van der Waals surface area contributed by atoms with E-state index in [-0.39, 0.29) is 17.9 Å². The van der Waals surface area contributed by atoms with Crippen molar-refractivity contribution in [3.8, 4) is 5.75 Å². The van der Waals surface area contributed by atoms with E-state index >= 15 is 0 Å². The van der Waals surface area contributed by atoms with Gasteiger partial charge in [0, 0.05) is 50.8 Å². The second-order valence-electron chi connectivity index (χ2n) is 9.39. The Labute approximate surface area is 205 Å². The largest absolute Gasteiger partial charge is 0.506 e. The molecule has 1 unspecified atom stereocenters. The molecule has 1 atom stereocenters. The van der Waals surface area contributed by atoms with Crippen molar-refractivity contribution in [3.05, 3.63) is 76.1 Å². The van der Waals surface area contributed by atoms with Crippen LogP contribution in [0.25, 0.3) is 10.9 Å². The maximum Gasteiger partial charge on any atom is 0.248 e. The molecule has 1 aliphatic rings. The number of nitrogens with one attached hydrogen (secondary N) is 2. The molecule has 1 saturated heterocycles. The van der Waals surface area contributed by atoms with Crippen LogP contribution in [0.2, 0.25) is 0 Å². The van der Waals surface area contributed by atoms with Crippen LogP contribution in [-0.2, 0) is 11.3 Å². The number of hydrogen-bond acceptors (Lipinski definition) is 7. The Kier molecular flexibility index (Phi) is 8.54. The number of nitrogens with zero attached hydrogens (tertiary/aromatic N) is 1. The Morgan fingerprint density at radius 3 is 2.63 bits per heavy atom. The number of pyridine rings is 1. The average Bonchev–Trinajstić information content (AvgIpc) is 2.86. The molecule has 188 valence electrons. The molecule has 1 aromatic heterocycles. The van der Waals surface area contributed by atoms with Crippen molar-refractivity contribution in [3.63, 3.8) is 0 Å². The number of ether oxygens (including phenoxy) is 1. The quantitative estimate of drug-likeness (QED) is 0.267. The van der Waals surface area contributed by atoms with Gasteiger partial charge in [0.05, 0.1) is 23.8 Å². The van der Waals surface area contributed by atoms with Gasteiger partial charge < -0.3 is 35.3 Å². The molecular weight excluding hydrogens is 446 g/mol. The van der Waals surface area contributed by atoms with Crippen LogP contribution in [-0.4, -0.2) is 70.1 Å². The summed E-state index contributed by atoms with van der Waals surface area (Å²) in [7, 11) is 0. The first kappa shape index (κ1) is 25.3. The van der Waals surface area contributed by atoms with Gasteiger partial charge in [0.15, 0.2) is 0 Å². The number of fused-ring (bicyclic) bond motifs is 1. The lowest BCUT2D eigenvalue weighted by atomic mass is 9.91. The summed E-state index contributed by atoms with van der Waals surface area (Å²) in [4.78, 5) is 16.6. The minimum atomic E-state index is -0.844. The Bertz CT molecular complexity index is 1140. The van der Waals surface area contributed by atoms with Crippen LogP contribution in [0.3, 0.4) is 0 Å². The van der Waals surface area contributed by atoms with E-state index in [9.17, 15) is 20.1 Å². The van der Waals surface area contributed by atoms with Crippen molar-refractivity contribution >= 4 is 10.9 Å². The highest BCUT2D eigenvalue weighted by Crippen LogP contribution is 2.29. The second-order valence-corrected chi connectivity index (χ2v) is 9.39. The lowest BCUT2D eigenvalue weighted by Gasteiger charge is -2.38. The fourth-order valence-electron chi connectivity index (χ4n) is 4.63. The molecule has 0 bridgehead atoms. The highest BCUT2D eigenvalue weighted by Gasteiger charge is 2.32. The van der Waals surface area contributed by atoms with E-state index in [1.807, 2.05) is 18.2 Å². The number of hydrogen-bond donors (Lipinski definition) is 5. The highest BCUT2D eigenvalue weighted by atomic mass is 16.5. The van der Waals surface area contributed by atoms with E-state index in [2.05, 4.69) is 27.3 Å². The monoisotopic (exact) mass is 481 g/mol. The van der Waals surface area contributed by atoms with E-state index in [0.717, 1.165) is 32.7 Å². The summed E-state index contributed by atoms with van der Waals surface area (Å²) in [5, 5.41) is 35.5. The number of benzene rings is 2. The molecule has 0 amide bonds. The van der Waals surface area contributed by atoms with Crippen LogP contribution in [0, 0.1) is 0 Å². The molecule has 5 N–H and O–H groups in total. The van der Waals surface area contributed by atoms with E-state index in [0.29, 0.717) is 42.5 Å². The number of aliphatic hydroxyl groups is 2. The molecule has 2 heterocycles. The first-order valence-corrected chi connectivity index (χ1v) is 12.2. The number of phenolic OH excluding ortho intramolecular Hbond substituents is 1. The highest BCUT2D eigenvalue weighted by molar-refractivity contribution is 5.87. The lowest BCUT2D eigenvalue weighted by molar-refractivity contribution is -0.0230. The number of piperidine rings is 1. The molecule has 1 aliphatic heterocycles. The van der Waals surface area contributed by atoms with Crippen molar-refractivity contribution in [2.75, 3.05) is 39.3 Å². The number of phenols is 1. The zero-order valence-electron chi connectivity index (χ0n) is 19.9. The van der Waals surface area contributed by atoms with Crippen LogP contribution < -0.4 is 10.9 Å². The summed E-state index contributed by atoms with van der Waals surface area (Å²) < 4.78 is 5.76. The Balaban J connectivity index is 1.17. The molecule has 8 heteroatoms. The van der Waals surface area contributed by atoms with Crippen LogP contribution >= 0.6 is 0 Å². The van der Waals surface area contributed by atoms with Gasteiger partial charge in [-0.15, -0.1) is 0 Å². The predicted molar refractivity (Wildman–Crippen MR) is 135 cm³/mol. The number of aliphatic hydroxyl groups excluding tert-OH is 1. The molecule has 35 heavy (non-hydrogen) atoms. The van der Waals surface area contributed by atoms with Gasteiger partial charge in [-0.25, -0.2) is 0 Å². The molecule has 3 aromatic rings. The van der Waals surface area contributed by atoms with Gasteiger partial charge in [-0.2, -0.15) is 0 Å². The first-order chi connectivity index (χ1) is 16.9. The average molecular weight is 482 g/mol. The van der Waals surface area contributed by atoms with E-state index in [1.165, 1.54) is 17.7 Å². The van der Waals surface area contributed by atoms with Gasteiger partial charge in [0.2, 0.25) is 5.56 Å². The number of H-pyrrole nitrogens is 1. The minimum Gasteiger partial charge on any atom is -0.506 e. The summed E-state index contributed by atoms with van der Waals surface area (Å²) in [6, 6.07) is 16.2. The Morgan fingerprint density at radius 2 is 1.86 bits per heavy atom. The van der Waals surface area contributed by atoms with E-state index in [1.54, 1.807) is 12.1 Å². The maximum atomic E-state index is 11.6. The lowest BCUT2D eigenvalue weighted by Crippen LogP contribution is -2.50. The normalized spacial score (nSPS) is 17.0. The van der Waals surface area contributed by atoms with Crippen molar-refractivity contribution in [2.45, 2.75) is 37.6 Å². The van der Waals surface area contributed by atoms with Gasteiger partial charge >= 0.3 is 0 Å². The predicted octanol–water partition coefficient (Wildman–Crippen LogP) is 2.29. The number of rotatable bonds is 11. The summed E-state index contributed by atoms with van der Waals surface area (Å²) in [6.45, 7) is 4.61. The summed E-state index contributed by atoms with van der Waals surface area (Å²) in [5.74, 6) is -0.0366.